The maximum atomic E-state index is 14.5. The van der Waals surface area contributed by atoms with Gasteiger partial charge in [-0.1, -0.05) is 12.1 Å². The van der Waals surface area contributed by atoms with Gasteiger partial charge in [0.1, 0.15) is 5.75 Å². The normalized spacial score (nSPS) is 14.5. The van der Waals surface area contributed by atoms with Crippen molar-refractivity contribution in [3.05, 3.63) is 66.0 Å². The van der Waals surface area contributed by atoms with Crippen molar-refractivity contribution < 1.29 is 30.9 Å². The molecule has 0 radical (unpaired) electrons. The fraction of sp³-hybridized carbons (Fsp3) is 0.143. The standard InChI is InChI=1S/C21H15F2N3O5S/c22-16-6-14(31-32(24,27)28)7-17(23)20(16)30-21-19-12(3-4-25-21)8-26-18-5-11(1-2-15(18)19)13-9-29-10-13/h1-8,13H,9-10H2,(H2,24,27,28). The van der Waals surface area contributed by atoms with E-state index >= 15 is 0 Å². The molecule has 0 amide bonds. The molecule has 8 nitrogen and oxygen atoms in total. The molecule has 1 saturated heterocycles. The Balaban J connectivity index is 1.59. The summed E-state index contributed by atoms with van der Waals surface area (Å²) in [5.74, 6) is -3.49. The van der Waals surface area contributed by atoms with Gasteiger partial charge in [-0.3, -0.25) is 4.98 Å². The predicted molar refractivity (Wildman–Crippen MR) is 111 cm³/mol. The number of nitrogens with two attached hydrogens (primary N) is 1. The topological polar surface area (TPSA) is 114 Å². The first-order valence-corrected chi connectivity index (χ1v) is 10.9. The van der Waals surface area contributed by atoms with Crippen LogP contribution < -0.4 is 14.1 Å². The van der Waals surface area contributed by atoms with Gasteiger partial charge in [0, 0.05) is 41.2 Å². The molecule has 11 heteroatoms. The Morgan fingerprint density at radius 3 is 2.47 bits per heavy atom. The Bertz CT molecular complexity index is 1450. The zero-order valence-corrected chi connectivity index (χ0v) is 17.1. The molecule has 0 unspecified atom stereocenters. The second-order valence-corrected chi connectivity index (χ2v) is 8.40. The number of benzene rings is 2. The molecule has 164 valence electrons. The average Bonchev–Trinajstić information content (AvgIpc) is 2.68. The molecule has 32 heavy (non-hydrogen) atoms. The molecular formula is C21H15F2N3O5S. The van der Waals surface area contributed by atoms with Crippen LogP contribution in [0.5, 0.6) is 17.4 Å². The molecule has 5 rings (SSSR count). The number of hydrogen-bond acceptors (Lipinski definition) is 7. The zero-order chi connectivity index (χ0) is 22.5. The highest BCUT2D eigenvalue weighted by atomic mass is 32.2. The van der Waals surface area contributed by atoms with Crippen molar-refractivity contribution in [3.8, 4) is 17.4 Å². The summed E-state index contributed by atoms with van der Waals surface area (Å²) in [6.07, 6.45) is 3.06. The van der Waals surface area contributed by atoms with Crippen LogP contribution in [0.25, 0.3) is 21.7 Å². The third-order valence-corrected chi connectivity index (χ3v) is 5.50. The number of aromatic nitrogens is 2. The molecule has 1 fully saturated rings. The summed E-state index contributed by atoms with van der Waals surface area (Å²) in [6, 6.07) is 8.77. The highest BCUT2D eigenvalue weighted by molar-refractivity contribution is 7.84. The number of hydrogen-bond donors (Lipinski definition) is 1. The summed E-state index contributed by atoms with van der Waals surface area (Å²) in [5, 5.41) is 6.63. The van der Waals surface area contributed by atoms with Gasteiger partial charge >= 0.3 is 10.3 Å². The summed E-state index contributed by atoms with van der Waals surface area (Å²) in [4.78, 5) is 8.63. The molecular weight excluding hydrogens is 444 g/mol. The van der Waals surface area contributed by atoms with E-state index in [1.54, 1.807) is 12.3 Å². The predicted octanol–water partition coefficient (Wildman–Crippen LogP) is 3.55. The summed E-state index contributed by atoms with van der Waals surface area (Å²) in [6.45, 7) is 1.30. The van der Waals surface area contributed by atoms with E-state index in [9.17, 15) is 17.2 Å². The Labute approximate surface area is 180 Å². The fourth-order valence-corrected chi connectivity index (χ4v) is 3.88. The maximum absolute atomic E-state index is 14.5. The van der Waals surface area contributed by atoms with E-state index in [1.165, 1.54) is 6.20 Å². The van der Waals surface area contributed by atoms with Gasteiger partial charge in [-0.05, 0) is 17.7 Å². The van der Waals surface area contributed by atoms with Crippen LogP contribution >= 0.6 is 0 Å². The number of ether oxygens (including phenoxy) is 2. The van der Waals surface area contributed by atoms with Gasteiger partial charge in [0.2, 0.25) is 11.6 Å². The Morgan fingerprint density at radius 2 is 1.81 bits per heavy atom. The number of rotatable bonds is 5. The van der Waals surface area contributed by atoms with Crippen molar-refractivity contribution in [2.24, 2.45) is 5.14 Å². The van der Waals surface area contributed by atoms with Crippen molar-refractivity contribution >= 4 is 32.0 Å². The van der Waals surface area contributed by atoms with Crippen LogP contribution in [-0.2, 0) is 15.0 Å². The van der Waals surface area contributed by atoms with E-state index < -0.39 is 33.4 Å². The van der Waals surface area contributed by atoms with Gasteiger partial charge in [0.25, 0.3) is 0 Å². The lowest BCUT2D eigenvalue weighted by molar-refractivity contribution is 0.00847. The molecule has 2 aromatic carbocycles. The summed E-state index contributed by atoms with van der Waals surface area (Å²) in [5.41, 5.74) is 1.77. The van der Waals surface area contributed by atoms with Crippen molar-refractivity contribution in [1.82, 2.24) is 9.97 Å². The average molecular weight is 459 g/mol. The van der Waals surface area contributed by atoms with Crippen molar-refractivity contribution in [2.45, 2.75) is 5.92 Å². The van der Waals surface area contributed by atoms with Crippen LogP contribution in [0.2, 0.25) is 0 Å². The Kier molecular flexibility index (Phi) is 4.88. The van der Waals surface area contributed by atoms with Gasteiger partial charge in [-0.25, -0.2) is 13.8 Å². The van der Waals surface area contributed by atoms with Gasteiger partial charge in [-0.15, -0.1) is 0 Å². The van der Waals surface area contributed by atoms with Crippen molar-refractivity contribution in [1.29, 1.82) is 0 Å². The van der Waals surface area contributed by atoms with Crippen molar-refractivity contribution in [3.63, 3.8) is 0 Å². The van der Waals surface area contributed by atoms with Gasteiger partial charge in [0.05, 0.1) is 24.1 Å². The molecule has 4 aromatic rings. The van der Waals surface area contributed by atoms with E-state index in [2.05, 4.69) is 14.2 Å². The van der Waals surface area contributed by atoms with Crippen LogP contribution in [0.3, 0.4) is 0 Å². The van der Waals surface area contributed by atoms with E-state index in [4.69, 9.17) is 14.6 Å². The number of pyridine rings is 2. The monoisotopic (exact) mass is 459 g/mol. The van der Waals surface area contributed by atoms with Crippen LogP contribution in [0, 0.1) is 11.6 Å². The van der Waals surface area contributed by atoms with Gasteiger partial charge < -0.3 is 13.7 Å². The molecule has 0 atom stereocenters. The van der Waals surface area contributed by atoms with Gasteiger partial charge in [0.15, 0.2) is 11.6 Å². The number of fused-ring (bicyclic) bond motifs is 3. The minimum atomic E-state index is -4.44. The summed E-state index contributed by atoms with van der Waals surface area (Å²) < 4.78 is 66.2. The van der Waals surface area contributed by atoms with Crippen LogP contribution in [0.1, 0.15) is 11.5 Å². The molecule has 1 aliphatic rings. The smallest absolute Gasteiger partial charge is 0.380 e. The largest absolute Gasteiger partial charge is 0.432 e. The number of halogens is 2. The molecule has 1 aliphatic heterocycles. The fourth-order valence-electron chi connectivity index (χ4n) is 3.51. The van der Waals surface area contributed by atoms with E-state index in [0.717, 1.165) is 5.56 Å². The highest BCUT2D eigenvalue weighted by Crippen LogP contribution is 2.37. The lowest BCUT2D eigenvalue weighted by Gasteiger charge is -2.26. The van der Waals surface area contributed by atoms with E-state index in [1.807, 2.05) is 18.2 Å². The quantitative estimate of drug-likeness (QED) is 0.454. The Morgan fingerprint density at radius 1 is 1.06 bits per heavy atom. The van der Waals surface area contributed by atoms with Crippen LogP contribution in [-0.4, -0.2) is 31.6 Å². The van der Waals surface area contributed by atoms with Crippen LogP contribution in [0.4, 0.5) is 8.78 Å². The second kappa shape index (κ2) is 7.62. The molecule has 3 heterocycles. The third kappa shape index (κ3) is 3.81. The molecule has 0 bridgehead atoms. The summed E-state index contributed by atoms with van der Waals surface area (Å²) >= 11 is 0. The minimum Gasteiger partial charge on any atom is -0.432 e. The lowest BCUT2D eigenvalue weighted by atomic mass is 9.95. The molecule has 0 aliphatic carbocycles. The first-order chi connectivity index (χ1) is 15.3. The number of nitrogens with zero attached hydrogens (tertiary/aromatic N) is 2. The summed E-state index contributed by atoms with van der Waals surface area (Å²) in [7, 11) is -4.44. The molecule has 2 N–H and O–H groups in total. The highest BCUT2D eigenvalue weighted by Gasteiger charge is 2.22. The van der Waals surface area contributed by atoms with E-state index in [-0.39, 0.29) is 5.88 Å². The molecule has 0 saturated carbocycles. The first kappa shape index (κ1) is 20.5. The molecule has 2 aromatic heterocycles. The zero-order valence-electron chi connectivity index (χ0n) is 16.3. The Hall–Kier alpha value is -3.41. The van der Waals surface area contributed by atoms with E-state index in [0.29, 0.717) is 52.9 Å². The molecule has 0 spiro atoms. The van der Waals surface area contributed by atoms with Crippen molar-refractivity contribution in [2.75, 3.05) is 13.2 Å². The SMILES string of the molecule is NS(=O)(=O)Oc1cc(F)c(Oc2nccc3cnc4cc(C5COC5)ccc4c23)c(F)c1. The third-order valence-electron chi connectivity index (χ3n) is 5.07. The lowest BCUT2D eigenvalue weighted by Crippen LogP contribution is -2.24. The minimum absolute atomic E-state index is 0.0347. The van der Waals surface area contributed by atoms with Gasteiger partial charge in [-0.2, -0.15) is 13.6 Å². The van der Waals surface area contributed by atoms with Crippen LogP contribution in [0.15, 0.2) is 48.8 Å². The first-order valence-electron chi connectivity index (χ1n) is 9.43. The maximum Gasteiger partial charge on any atom is 0.380 e. The second-order valence-electron chi connectivity index (χ2n) is 7.24.